The second kappa shape index (κ2) is 6.82. The fourth-order valence-electron chi connectivity index (χ4n) is 1.27. The van der Waals surface area contributed by atoms with E-state index in [1.165, 1.54) is 0 Å². The van der Waals surface area contributed by atoms with Crippen molar-refractivity contribution in [2.24, 2.45) is 0 Å². The Kier molecular flexibility index (Phi) is 5.71. The van der Waals surface area contributed by atoms with Gasteiger partial charge in [0.25, 0.3) is 0 Å². The summed E-state index contributed by atoms with van der Waals surface area (Å²) < 4.78 is 10.3. The Balaban J connectivity index is 2.99. The average molecular weight is 286 g/mol. The number of hydrogen-bond acceptors (Lipinski definition) is 4. The SMILES string of the molecule is CP(C)OC(=O)c1ccccc1C(=O)OP(C)C. The van der Waals surface area contributed by atoms with E-state index in [-0.39, 0.29) is 11.1 Å². The van der Waals surface area contributed by atoms with Gasteiger partial charge in [0.2, 0.25) is 0 Å². The van der Waals surface area contributed by atoms with Gasteiger partial charge in [-0.25, -0.2) is 9.59 Å². The fourth-order valence-corrected chi connectivity index (χ4v) is 2.13. The summed E-state index contributed by atoms with van der Waals surface area (Å²) in [6, 6.07) is 6.54. The lowest BCUT2D eigenvalue weighted by atomic mass is 10.1. The summed E-state index contributed by atoms with van der Waals surface area (Å²) >= 11 is 0. The van der Waals surface area contributed by atoms with E-state index in [1.807, 2.05) is 26.7 Å². The normalized spacial score (nSPS) is 10.6. The summed E-state index contributed by atoms with van der Waals surface area (Å²) in [5, 5.41) is 0. The number of benzene rings is 1. The molecular formula is C12H16O4P2. The molecule has 0 fully saturated rings. The van der Waals surface area contributed by atoms with Crippen molar-refractivity contribution >= 4 is 28.2 Å². The molecule has 0 amide bonds. The fraction of sp³-hybridized carbons (Fsp3) is 0.333. The van der Waals surface area contributed by atoms with Crippen LogP contribution in [-0.4, -0.2) is 38.6 Å². The largest absolute Gasteiger partial charge is 0.442 e. The molecule has 0 aromatic heterocycles. The summed E-state index contributed by atoms with van der Waals surface area (Å²) in [5.74, 6) is -0.953. The summed E-state index contributed by atoms with van der Waals surface area (Å²) in [5.41, 5.74) is 0.520. The lowest BCUT2D eigenvalue weighted by Crippen LogP contribution is -2.11. The first-order chi connectivity index (χ1) is 8.41. The molecule has 0 saturated carbocycles. The first-order valence-electron chi connectivity index (χ1n) is 5.30. The molecule has 0 N–H and O–H groups in total. The van der Waals surface area contributed by atoms with Crippen molar-refractivity contribution in [2.75, 3.05) is 26.7 Å². The van der Waals surface area contributed by atoms with E-state index in [4.69, 9.17) is 9.05 Å². The van der Waals surface area contributed by atoms with E-state index in [9.17, 15) is 9.59 Å². The molecule has 0 spiro atoms. The summed E-state index contributed by atoms with van der Waals surface area (Å²) in [7, 11) is -1.62. The molecule has 0 aliphatic rings. The van der Waals surface area contributed by atoms with Crippen LogP contribution in [0, 0.1) is 0 Å². The third-order valence-corrected chi connectivity index (χ3v) is 2.96. The Hall–Kier alpha value is -0.980. The van der Waals surface area contributed by atoms with Gasteiger partial charge in [0, 0.05) is 0 Å². The van der Waals surface area contributed by atoms with Gasteiger partial charge in [0.15, 0.2) is 0 Å². The van der Waals surface area contributed by atoms with Gasteiger partial charge in [-0.3, -0.25) is 0 Å². The van der Waals surface area contributed by atoms with Crippen LogP contribution in [0.25, 0.3) is 0 Å². The highest BCUT2D eigenvalue weighted by atomic mass is 31.1. The van der Waals surface area contributed by atoms with Crippen molar-refractivity contribution < 1.29 is 18.6 Å². The third-order valence-electron chi connectivity index (χ3n) is 1.90. The highest BCUT2D eigenvalue weighted by molar-refractivity contribution is 7.51. The van der Waals surface area contributed by atoms with Crippen LogP contribution in [0.5, 0.6) is 0 Å². The standard InChI is InChI=1S/C12H16O4P2/c1-17(2)15-11(13)9-7-5-6-8-10(9)12(14)16-18(3)4/h5-8H,1-4H3. The van der Waals surface area contributed by atoms with Gasteiger partial charge in [-0.05, 0) is 38.8 Å². The number of hydrogen-bond donors (Lipinski definition) is 0. The summed E-state index contributed by atoms with van der Waals surface area (Å²) in [6.07, 6.45) is 0. The quantitative estimate of drug-likeness (QED) is 0.797. The second-order valence-electron chi connectivity index (χ2n) is 3.93. The van der Waals surface area contributed by atoms with E-state index in [0.717, 1.165) is 0 Å². The zero-order valence-corrected chi connectivity index (χ0v) is 12.6. The van der Waals surface area contributed by atoms with Gasteiger partial charge < -0.3 is 9.05 Å². The van der Waals surface area contributed by atoms with Gasteiger partial charge in [0.05, 0.1) is 27.4 Å². The maximum absolute atomic E-state index is 11.9. The van der Waals surface area contributed by atoms with Gasteiger partial charge in [-0.2, -0.15) is 0 Å². The van der Waals surface area contributed by atoms with Crippen LogP contribution in [0.2, 0.25) is 0 Å². The van der Waals surface area contributed by atoms with E-state index in [1.54, 1.807) is 24.3 Å². The zero-order chi connectivity index (χ0) is 13.7. The Morgan fingerprint density at radius 1 is 0.833 bits per heavy atom. The van der Waals surface area contributed by atoms with Crippen molar-refractivity contribution in [3.05, 3.63) is 35.4 Å². The van der Waals surface area contributed by atoms with Crippen molar-refractivity contribution in [1.82, 2.24) is 0 Å². The van der Waals surface area contributed by atoms with Gasteiger partial charge in [-0.1, -0.05) is 12.1 Å². The zero-order valence-electron chi connectivity index (χ0n) is 10.8. The molecule has 4 nitrogen and oxygen atoms in total. The van der Waals surface area contributed by atoms with Crippen LogP contribution in [0.1, 0.15) is 20.7 Å². The minimum atomic E-state index is -0.809. The topological polar surface area (TPSA) is 52.6 Å². The van der Waals surface area contributed by atoms with Crippen LogP contribution >= 0.6 is 16.3 Å². The predicted molar refractivity (Wildman–Crippen MR) is 74.8 cm³/mol. The Labute approximate surface area is 109 Å². The number of carbonyl (C=O) groups excluding carboxylic acids is 2. The number of rotatable bonds is 4. The molecule has 0 heterocycles. The maximum atomic E-state index is 11.9. The molecule has 98 valence electrons. The smallest absolute Gasteiger partial charge is 0.341 e. The van der Waals surface area contributed by atoms with E-state index < -0.39 is 28.2 Å². The first-order valence-corrected chi connectivity index (χ1v) is 9.61. The average Bonchev–Trinajstić information content (AvgIpc) is 2.27. The Bertz CT molecular complexity index is 402. The van der Waals surface area contributed by atoms with Crippen molar-refractivity contribution in [3.63, 3.8) is 0 Å². The monoisotopic (exact) mass is 286 g/mol. The van der Waals surface area contributed by atoms with Crippen molar-refractivity contribution in [1.29, 1.82) is 0 Å². The summed E-state index contributed by atoms with van der Waals surface area (Å²) in [4.78, 5) is 23.7. The van der Waals surface area contributed by atoms with Crippen molar-refractivity contribution in [2.45, 2.75) is 0 Å². The van der Waals surface area contributed by atoms with Crippen LogP contribution in [0.4, 0.5) is 0 Å². The molecule has 0 atom stereocenters. The van der Waals surface area contributed by atoms with E-state index in [2.05, 4.69) is 0 Å². The Morgan fingerprint density at radius 3 is 1.44 bits per heavy atom. The van der Waals surface area contributed by atoms with E-state index in [0.29, 0.717) is 0 Å². The minimum Gasteiger partial charge on any atom is -0.442 e. The molecule has 1 aromatic carbocycles. The van der Waals surface area contributed by atoms with E-state index >= 15 is 0 Å². The molecule has 0 saturated heterocycles. The van der Waals surface area contributed by atoms with Crippen LogP contribution < -0.4 is 0 Å². The van der Waals surface area contributed by atoms with Crippen molar-refractivity contribution in [3.8, 4) is 0 Å². The lowest BCUT2D eigenvalue weighted by molar-refractivity contribution is 0.0714. The van der Waals surface area contributed by atoms with Crippen LogP contribution in [-0.2, 0) is 9.05 Å². The molecule has 1 aromatic rings. The molecule has 0 aliphatic carbocycles. The molecule has 0 radical (unpaired) electrons. The molecule has 1 rings (SSSR count). The highest BCUT2D eigenvalue weighted by Crippen LogP contribution is 2.31. The molecule has 18 heavy (non-hydrogen) atoms. The van der Waals surface area contributed by atoms with Gasteiger partial charge in [0.1, 0.15) is 0 Å². The molecule has 0 aliphatic heterocycles. The maximum Gasteiger partial charge on any atom is 0.341 e. The van der Waals surface area contributed by atoms with Gasteiger partial charge in [-0.15, -0.1) is 0 Å². The second-order valence-corrected chi connectivity index (χ2v) is 7.54. The highest BCUT2D eigenvalue weighted by Gasteiger charge is 2.20. The van der Waals surface area contributed by atoms with Crippen LogP contribution in [0.15, 0.2) is 24.3 Å². The molecule has 0 bridgehead atoms. The third kappa shape index (κ3) is 4.36. The minimum absolute atomic E-state index is 0.260. The van der Waals surface area contributed by atoms with Crippen LogP contribution in [0.3, 0.4) is 0 Å². The molecule has 6 heteroatoms. The molecule has 0 unspecified atom stereocenters. The lowest BCUT2D eigenvalue weighted by Gasteiger charge is -2.12. The predicted octanol–water partition coefficient (Wildman–Crippen LogP) is 3.31. The van der Waals surface area contributed by atoms with Gasteiger partial charge >= 0.3 is 11.9 Å². The first kappa shape index (κ1) is 15.1. The summed E-state index contributed by atoms with van der Waals surface area (Å²) in [6.45, 7) is 7.30. The number of carbonyl (C=O) groups is 2. The molecular weight excluding hydrogens is 270 g/mol. The Morgan fingerprint density at radius 2 is 1.17 bits per heavy atom.